The number of anilines is 1. The van der Waals surface area contributed by atoms with E-state index in [-0.39, 0.29) is 11.5 Å². The Kier molecular flexibility index (Phi) is 5.33. The monoisotopic (exact) mass is 420 g/mol. The van der Waals surface area contributed by atoms with Gasteiger partial charge in [-0.25, -0.2) is 4.98 Å². The number of aromatic nitrogens is 2. The van der Waals surface area contributed by atoms with Crippen molar-refractivity contribution < 1.29 is 4.92 Å². The van der Waals surface area contributed by atoms with Crippen molar-refractivity contribution >= 4 is 29.1 Å². The third kappa shape index (κ3) is 3.46. The van der Waals surface area contributed by atoms with Gasteiger partial charge in [0.15, 0.2) is 0 Å². The lowest BCUT2D eigenvalue weighted by Crippen LogP contribution is -2.02. The lowest BCUT2D eigenvalue weighted by Gasteiger charge is -2.10. The minimum absolute atomic E-state index is 0.0882. The van der Waals surface area contributed by atoms with Crippen molar-refractivity contribution in [2.45, 2.75) is 39.5 Å². The summed E-state index contributed by atoms with van der Waals surface area (Å²) in [6, 6.07) is 7.29. The van der Waals surface area contributed by atoms with Gasteiger partial charge in [-0.1, -0.05) is 0 Å². The second kappa shape index (κ2) is 8.08. The maximum Gasteiger partial charge on any atom is 0.313 e. The van der Waals surface area contributed by atoms with Crippen LogP contribution in [0.4, 0.5) is 11.5 Å². The predicted molar refractivity (Wildman–Crippen MR) is 117 cm³/mol. The van der Waals surface area contributed by atoms with Gasteiger partial charge in [-0.05, 0) is 57.2 Å². The minimum atomic E-state index is -0.501. The number of nitrogens with zero attached hydrogens (tertiary/aromatic N) is 5. The van der Waals surface area contributed by atoms with E-state index >= 15 is 0 Å². The Morgan fingerprint density at radius 1 is 1.40 bits per heavy atom. The van der Waals surface area contributed by atoms with Gasteiger partial charge in [0.05, 0.1) is 16.7 Å². The molecule has 3 aromatic heterocycles. The van der Waals surface area contributed by atoms with E-state index in [0.717, 1.165) is 46.8 Å². The van der Waals surface area contributed by atoms with E-state index in [1.807, 2.05) is 19.9 Å². The summed E-state index contributed by atoms with van der Waals surface area (Å²) in [4.78, 5) is 15.9. The fraction of sp³-hybridized carbons (Fsp3) is 0.286. The van der Waals surface area contributed by atoms with Crippen LogP contribution in [0.2, 0.25) is 0 Å². The van der Waals surface area contributed by atoms with Crippen LogP contribution in [0.1, 0.15) is 45.8 Å². The van der Waals surface area contributed by atoms with Crippen LogP contribution in [0, 0.1) is 35.3 Å². The number of nitrogens with one attached hydrogen (secondary N) is 1. The van der Waals surface area contributed by atoms with Crippen molar-refractivity contribution in [3.05, 3.63) is 67.5 Å². The molecule has 152 valence electrons. The quantitative estimate of drug-likeness (QED) is 0.367. The van der Waals surface area contributed by atoms with Gasteiger partial charge in [0.1, 0.15) is 11.1 Å². The highest BCUT2D eigenvalue weighted by atomic mass is 32.1. The number of hydrogen-bond acceptors (Lipinski definition) is 7. The van der Waals surface area contributed by atoms with Crippen LogP contribution in [0.5, 0.6) is 0 Å². The number of fused-ring (bicyclic) bond motifs is 1. The van der Waals surface area contributed by atoms with E-state index in [2.05, 4.69) is 26.1 Å². The van der Waals surface area contributed by atoms with Crippen LogP contribution in [-0.2, 0) is 12.8 Å². The number of pyridine rings is 1. The number of thiophene rings is 1. The molecule has 0 saturated heterocycles. The van der Waals surface area contributed by atoms with Crippen molar-refractivity contribution in [3.8, 4) is 11.1 Å². The van der Waals surface area contributed by atoms with E-state index in [1.54, 1.807) is 17.6 Å². The molecule has 0 amide bonds. The van der Waals surface area contributed by atoms with Crippen molar-refractivity contribution in [2.24, 2.45) is 5.10 Å². The maximum absolute atomic E-state index is 11.1. The fourth-order valence-corrected chi connectivity index (χ4v) is 5.30. The molecule has 8 nitrogen and oxygen atoms in total. The molecule has 4 rings (SSSR count). The summed E-state index contributed by atoms with van der Waals surface area (Å²) in [6.45, 7) is 3.98. The molecule has 0 aliphatic heterocycles. The van der Waals surface area contributed by atoms with Crippen LogP contribution in [0.15, 0.2) is 29.5 Å². The number of nitro groups is 1. The zero-order chi connectivity index (χ0) is 21.3. The van der Waals surface area contributed by atoms with Crippen LogP contribution in [0.3, 0.4) is 0 Å². The van der Waals surface area contributed by atoms with Crippen LogP contribution < -0.4 is 5.43 Å². The molecule has 30 heavy (non-hydrogen) atoms. The number of hydrazone groups is 1. The zero-order valence-electron chi connectivity index (χ0n) is 16.7. The van der Waals surface area contributed by atoms with E-state index in [0.29, 0.717) is 0 Å². The molecule has 0 radical (unpaired) electrons. The van der Waals surface area contributed by atoms with Crippen molar-refractivity contribution in [3.63, 3.8) is 0 Å². The lowest BCUT2D eigenvalue weighted by atomic mass is 9.96. The number of nitriles is 1. The topological polar surface area (TPSA) is 109 Å². The molecule has 0 unspecified atom stereocenters. The van der Waals surface area contributed by atoms with Gasteiger partial charge in [-0.3, -0.25) is 15.5 Å². The van der Waals surface area contributed by atoms with E-state index in [4.69, 9.17) is 0 Å². The van der Waals surface area contributed by atoms with Gasteiger partial charge in [-0.15, -0.1) is 11.3 Å². The van der Waals surface area contributed by atoms with Crippen LogP contribution in [-0.4, -0.2) is 20.7 Å². The highest BCUT2D eigenvalue weighted by Crippen LogP contribution is 2.38. The molecule has 3 aromatic rings. The molecule has 3 heterocycles. The molecule has 1 aliphatic rings. The normalized spacial score (nSPS) is 13.2. The largest absolute Gasteiger partial charge is 0.313 e. The summed E-state index contributed by atoms with van der Waals surface area (Å²) in [5.74, 6) is 0.0882. The van der Waals surface area contributed by atoms with Crippen molar-refractivity contribution in [1.82, 2.24) is 9.55 Å². The SMILES string of the molecule is Cc1cc(/C=N\Nc2ncccc2[N+](=O)[O-])c(C)n1-c1sc2c(c1C#N)CCCC2. The van der Waals surface area contributed by atoms with Gasteiger partial charge < -0.3 is 4.57 Å². The molecule has 9 heteroatoms. The van der Waals surface area contributed by atoms with Crippen molar-refractivity contribution in [2.75, 3.05) is 5.43 Å². The molecule has 0 atom stereocenters. The smallest absolute Gasteiger partial charge is 0.308 e. The Bertz CT molecular complexity index is 1200. The Labute approximate surface area is 177 Å². The van der Waals surface area contributed by atoms with E-state index in [1.165, 1.54) is 35.2 Å². The first-order chi connectivity index (χ1) is 14.5. The highest BCUT2D eigenvalue weighted by Gasteiger charge is 2.23. The molecule has 1 aliphatic carbocycles. The first kappa shape index (κ1) is 19.8. The molecule has 0 fully saturated rings. The third-order valence-corrected chi connectivity index (χ3v) is 6.57. The van der Waals surface area contributed by atoms with Gasteiger partial charge in [0.25, 0.3) is 0 Å². The van der Waals surface area contributed by atoms with Crippen LogP contribution in [0.25, 0.3) is 5.00 Å². The molecule has 0 aromatic carbocycles. The second-order valence-corrected chi connectivity index (χ2v) is 8.25. The molecule has 0 saturated carbocycles. The van der Waals surface area contributed by atoms with Crippen molar-refractivity contribution in [1.29, 1.82) is 5.26 Å². The van der Waals surface area contributed by atoms with E-state index in [9.17, 15) is 15.4 Å². The van der Waals surface area contributed by atoms with Gasteiger partial charge in [-0.2, -0.15) is 10.4 Å². The number of rotatable bonds is 5. The molecule has 0 spiro atoms. The molecular formula is C21H20N6O2S. The summed E-state index contributed by atoms with van der Waals surface area (Å²) in [5.41, 5.74) is 7.35. The summed E-state index contributed by atoms with van der Waals surface area (Å²) < 4.78 is 2.10. The van der Waals surface area contributed by atoms with Crippen LogP contribution >= 0.6 is 11.3 Å². The summed E-state index contributed by atoms with van der Waals surface area (Å²) in [6.07, 6.45) is 7.40. The average molecular weight is 420 g/mol. The second-order valence-electron chi connectivity index (χ2n) is 7.16. The summed E-state index contributed by atoms with van der Waals surface area (Å²) in [7, 11) is 0. The predicted octanol–water partition coefficient (Wildman–Crippen LogP) is 4.66. The summed E-state index contributed by atoms with van der Waals surface area (Å²) >= 11 is 1.70. The average Bonchev–Trinajstić information content (AvgIpc) is 3.24. The Morgan fingerprint density at radius 3 is 2.97 bits per heavy atom. The minimum Gasteiger partial charge on any atom is -0.308 e. The Balaban J connectivity index is 1.66. The third-order valence-electron chi connectivity index (χ3n) is 5.30. The molecular weight excluding hydrogens is 400 g/mol. The number of hydrogen-bond donors (Lipinski definition) is 1. The summed E-state index contributed by atoms with van der Waals surface area (Å²) in [5, 5.41) is 26.0. The zero-order valence-corrected chi connectivity index (χ0v) is 17.5. The first-order valence-corrected chi connectivity index (χ1v) is 10.5. The molecule has 0 bridgehead atoms. The Hall–Kier alpha value is -3.51. The fourth-order valence-electron chi connectivity index (χ4n) is 3.85. The van der Waals surface area contributed by atoms with Gasteiger partial charge >= 0.3 is 5.69 Å². The highest BCUT2D eigenvalue weighted by molar-refractivity contribution is 7.15. The standard InChI is InChI=1S/C21H20N6O2S/c1-13-10-15(12-24-25-20-18(27(28)29)7-5-9-23-20)14(2)26(13)21-17(11-22)16-6-3-4-8-19(16)30-21/h5,7,9-10,12H,3-4,6,8H2,1-2H3,(H,23,25)/b24-12-. The Morgan fingerprint density at radius 2 is 2.20 bits per heavy atom. The van der Waals surface area contributed by atoms with E-state index < -0.39 is 4.92 Å². The molecule has 1 N–H and O–H groups in total. The first-order valence-electron chi connectivity index (χ1n) is 9.63. The maximum atomic E-state index is 11.1. The van der Waals surface area contributed by atoms with Gasteiger partial charge in [0.2, 0.25) is 5.82 Å². The van der Waals surface area contributed by atoms with Gasteiger partial charge in [0, 0.05) is 34.1 Å². The number of aryl methyl sites for hydroxylation is 2. The lowest BCUT2D eigenvalue weighted by molar-refractivity contribution is -0.384.